The molecule has 0 bridgehead atoms. The lowest BCUT2D eigenvalue weighted by molar-refractivity contribution is -0.122. The molecule has 0 spiro atoms. The molecule has 4 rings (SSSR count). The fraction of sp³-hybridized carbons (Fsp3) is 0.304. The van der Waals surface area contributed by atoms with Gasteiger partial charge in [-0.3, -0.25) is 18.6 Å². The number of hydrogen-bond acceptors (Lipinski definition) is 6. The maximum atomic E-state index is 13.0. The van der Waals surface area contributed by atoms with Crippen LogP contribution in [-0.2, 0) is 17.8 Å². The number of carbonyl (C=O) groups is 1. The van der Waals surface area contributed by atoms with Gasteiger partial charge in [-0.1, -0.05) is 13.0 Å². The molecule has 0 aliphatic rings. The van der Waals surface area contributed by atoms with Crippen molar-refractivity contribution in [3.63, 3.8) is 0 Å². The fourth-order valence-electron chi connectivity index (χ4n) is 3.52. The highest BCUT2D eigenvalue weighted by Gasteiger charge is 2.16. The number of aromatic nitrogens is 4. The summed E-state index contributed by atoms with van der Waals surface area (Å²) >= 11 is 1.62. The molecule has 8 nitrogen and oxygen atoms in total. The van der Waals surface area contributed by atoms with Gasteiger partial charge in [0.15, 0.2) is 0 Å². The first-order valence-corrected chi connectivity index (χ1v) is 11.4. The summed E-state index contributed by atoms with van der Waals surface area (Å²) in [6.07, 6.45) is 4.41. The summed E-state index contributed by atoms with van der Waals surface area (Å²) in [5.74, 6) is 1.47. The SMILES string of the molecule is CCOc1ccc(-n2ccn3c(CC(C)CC(=O)NCc4cccs4)nnc3c2=O)cc1. The van der Waals surface area contributed by atoms with E-state index < -0.39 is 0 Å². The van der Waals surface area contributed by atoms with Gasteiger partial charge in [0.05, 0.1) is 13.2 Å². The summed E-state index contributed by atoms with van der Waals surface area (Å²) in [6, 6.07) is 11.3. The summed E-state index contributed by atoms with van der Waals surface area (Å²) in [4.78, 5) is 26.3. The van der Waals surface area contributed by atoms with Crippen molar-refractivity contribution in [3.8, 4) is 11.4 Å². The van der Waals surface area contributed by atoms with Crippen LogP contribution in [0.15, 0.2) is 59.0 Å². The third kappa shape index (κ3) is 4.88. The van der Waals surface area contributed by atoms with E-state index in [1.165, 1.54) is 4.57 Å². The van der Waals surface area contributed by atoms with Gasteiger partial charge in [-0.2, -0.15) is 0 Å². The fourth-order valence-corrected chi connectivity index (χ4v) is 4.16. The van der Waals surface area contributed by atoms with Crippen LogP contribution in [0.2, 0.25) is 0 Å². The molecule has 3 aromatic heterocycles. The van der Waals surface area contributed by atoms with E-state index in [4.69, 9.17) is 4.74 Å². The summed E-state index contributed by atoms with van der Waals surface area (Å²) in [6.45, 7) is 5.05. The lowest BCUT2D eigenvalue weighted by atomic mass is 10.0. The van der Waals surface area contributed by atoms with E-state index in [1.54, 1.807) is 28.1 Å². The number of thiophene rings is 1. The minimum Gasteiger partial charge on any atom is -0.494 e. The van der Waals surface area contributed by atoms with Crippen LogP contribution in [0.3, 0.4) is 0 Å². The predicted molar refractivity (Wildman–Crippen MR) is 123 cm³/mol. The van der Waals surface area contributed by atoms with Crippen molar-refractivity contribution in [1.29, 1.82) is 0 Å². The zero-order valence-electron chi connectivity index (χ0n) is 18.0. The summed E-state index contributed by atoms with van der Waals surface area (Å²) in [5.41, 5.74) is 0.726. The van der Waals surface area contributed by atoms with Gasteiger partial charge in [-0.05, 0) is 48.6 Å². The number of benzene rings is 1. The highest BCUT2D eigenvalue weighted by Crippen LogP contribution is 2.16. The minimum atomic E-state index is -0.253. The van der Waals surface area contributed by atoms with Crippen molar-refractivity contribution in [2.24, 2.45) is 5.92 Å². The molecule has 166 valence electrons. The highest BCUT2D eigenvalue weighted by molar-refractivity contribution is 7.09. The number of nitrogens with zero attached hydrogens (tertiary/aromatic N) is 4. The normalized spacial score (nSPS) is 12.1. The van der Waals surface area contributed by atoms with Gasteiger partial charge < -0.3 is 10.1 Å². The van der Waals surface area contributed by atoms with E-state index in [2.05, 4.69) is 15.5 Å². The Morgan fingerprint density at radius 3 is 2.72 bits per heavy atom. The van der Waals surface area contributed by atoms with Crippen LogP contribution in [0.25, 0.3) is 11.3 Å². The quantitative estimate of drug-likeness (QED) is 0.422. The Hall–Kier alpha value is -3.46. The van der Waals surface area contributed by atoms with Crippen LogP contribution in [-0.4, -0.2) is 31.7 Å². The molecular formula is C23H25N5O3S. The Labute approximate surface area is 189 Å². The number of nitrogens with one attached hydrogen (secondary N) is 1. The maximum absolute atomic E-state index is 13.0. The molecular weight excluding hydrogens is 426 g/mol. The van der Waals surface area contributed by atoms with E-state index >= 15 is 0 Å². The molecule has 1 atom stereocenters. The number of amides is 1. The van der Waals surface area contributed by atoms with Gasteiger partial charge in [-0.15, -0.1) is 21.5 Å². The third-order valence-corrected chi connectivity index (χ3v) is 5.95. The Kier molecular flexibility index (Phi) is 6.65. The van der Waals surface area contributed by atoms with Crippen LogP contribution in [0, 0.1) is 5.92 Å². The summed E-state index contributed by atoms with van der Waals surface area (Å²) < 4.78 is 8.69. The highest BCUT2D eigenvalue weighted by atomic mass is 32.1. The van der Waals surface area contributed by atoms with Crippen molar-refractivity contribution < 1.29 is 9.53 Å². The summed E-state index contributed by atoms with van der Waals surface area (Å²) in [7, 11) is 0. The molecule has 3 heterocycles. The summed E-state index contributed by atoms with van der Waals surface area (Å²) in [5, 5.41) is 13.3. The first kappa shape index (κ1) is 21.8. The first-order chi connectivity index (χ1) is 15.5. The minimum absolute atomic E-state index is 0.00224. The Morgan fingerprint density at radius 2 is 2.00 bits per heavy atom. The van der Waals surface area contributed by atoms with Gasteiger partial charge in [-0.25, -0.2) is 0 Å². The number of rotatable bonds is 9. The molecule has 32 heavy (non-hydrogen) atoms. The van der Waals surface area contributed by atoms with Gasteiger partial charge in [0.1, 0.15) is 11.6 Å². The molecule has 1 aromatic carbocycles. The lowest BCUT2D eigenvalue weighted by Gasteiger charge is -2.11. The number of carbonyl (C=O) groups excluding carboxylic acids is 1. The van der Waals surface area contributed by atoms with Gasteiger partial charge >= 0.3 is 5.56 Å². The average molecular weight is 452 g/mol. The topological polar surface area (TPSA) is 90.5 Å². The standard InChI is InChI=1S/C23H25N5O3S/c1-3-31-18-8-6-17(7-9-18)27-10-11-28-20(25-26-22(28)23(27)30)13-16(2)14-21(29)24-15-19-5-4-12-32-19/h4-12,16H,3,13-15H2,1-2H3,(H,24,29). The Bertz CT molecular complexity index is 1250. The second-order valence-corrected chi connectivity index (χ2v) is 8.61. The van der Waals surface area contributed by atoms with Crippen molar-refractivity contribution >= 4 is 22.9 Å². The second kappa shape index (κ2) is 9.78. The van der Waals surface area contributed by atoms with E-state index in [9.17, 15) is 9.59 Å². The second-order valence-electron chi connectivity index (χ2n) is 7.58. The molecule has 0 saturated carbocycles. The van der Waals surface area contributed by atoms with E-state index in [0.29, 0.717) is 31.8 Å². The van der Waals surface area contributed by atoms with Gasteiger partial charge in [0.25, 0.3) is 0 Å². The van der Waals surface area contributed by atoms with Crippen molar-refractivity contribution in [3.05, 3.63) is 75.2 Å². The van der Waals surface area contributed by atoms with Crippen molar-refractivity contribution in [1.82, 2.24) is 24.5 Å². The molecule has 0 aliphatic heterocycles. The number of fused-ring (bicyclic) bond motifs is 1. The predicted octanol–water partition coefficient (Wildman–Crippen LogP) is 3.23. The molecule has 0 saturated heterocycles. The van der Waals surface area contributed by atoms with E-state index in [1.807, 2.05) is 55.6 Å². The Balaban J connectivity index is 1.44. The molecule has 0 aliphatic carbocycles. The zero-order valence-corrected chi connectivity index (χ0v) is 18.8. The molecule has 1 unspecified atom stereocenters. The van der Waals surface area contributed by atoms with Gasteiger partial charge in [0, 0.05) is 35.8 Å². The largest absolute Gasteiger partial charge is 0.494 e. The third-order valence-electron chi connectivity index (χ3n) is 5.07. The molecule has 4 aromatic rings. The molecule has 1 amide bonds. The number of ether oxygens (including phenoxy) is 1. The first-order valence-electron chi connectivity index (χ1n) is 10.5. The van der Waals surface area contributed by atoms with E-state index in [0.717, 1.165) is 16.3 Å². The smallest absolute Gasteiger partial charge is 0.300 e. The van der Waals surface area contributed by atoms with Crippen LogP contribution in [0.1, 0.15) is 31.0 Å². The van der Waals surface area contributed by atoms with Gasteiger partial charge in [0.2, 0.25) is 11.6 Å². The lowest BCUT2D eigenvalue weighted by Crippen LogP contribution is -2.25. The van der Waals surface area contributed by atoms with Crippen LogP contribution in [0.5, 0.6) is 5.75 Å². The molecule has 0 fully saturated rings. The maximum Gasteiger partial charge on any atom is 0.300 e. The van der Waals surface area contributed by atoms with Crippen molar-refractivity contribution in [2.45, 2.75) is 33.2 Å². The van der Waals surface area contributed by atoms with Crippen LogP contribution < -0.4 is 15.6 Å². The van der Waals surface area contributed by atoms with Crippen LogP contribution in [0.4, 0.5) is 0 Å². The molecule has 0 radical (unpaired) electrons. The van der Waals surface area contributed by atoms with E-state index in [-0.39, 0.29) is 23.0 Å². The zero-order chi connectivity index (χ0) is 22.5. The molecule has 1 N–H and O–H groups in total. The monoisotopic (exact) mass is 451 g/mol. The number of hydrogen-bond donors (Lipinski definition) is 1. The van der Waals surface area contributed by atoms with Crippen LogP contribution >= 0.6 is 11.3 Å². The average Bonchev–Trinajstić information content (AvgIpc) is 3.44. The molecule has 9 heteroatoms. The van der Waals surface area contributed by atoms with Crippen molar-refractivity contribution in [2.75, 3.05) is 6.61 Å². The Morgan fingerprint density at radius 1 is 1.19 bits per heavy atom.